The largest absolute Gasteiger partial charge is 0.427 e. The smallest absolute Gasteiger partial charge is 0.381 e. The molecule has 2 atom stereocenters. The summed E-state index contributed by atoms with van der Waals surface area (Å²) < 4.78 is 67.8. The molecule has 0 spiro atoms. The number of hydrogen-bond acceptors (Lipinski definition) is 2. The summed E-state index contributed by atoms with van der Waals surface area (Å²) in [6.07, 6.45) is -6.72. The van der Waals surface area contributed by atoms with Crippen molar-refractivity contribution in [3.05, 3.63) is 29.3 Å². The highest BCUT2D eigenvalue weighted by atomic mass is 19.4. The van der Waals surface area contributed by atoms with Crippen molar-refractivity contribution in [3.63, 3.8) is 0 Å². The lowest BCUT2D eigenvalue weighted by Gasteiger charge is -2.37. The predicted molar refractivity (Wildman–Crippen MR) is 65.7 cm³/mol. The number of nitrogens with one attached hydrogen (secondary N) is 2. The highest BCUT2D eigenvalue weighted by Crippen LogP contribution is 2.45. The van der Waals surface area contributed by atoms with Crippen molar-refractivity contribution < 1.29 is 31.9 Å². The van der Waals surface area contributed by atoms with Crippen LogP contribution in [0.4, 0.5) is 32.4 Å². The molecule has 2 unspecified atom stereocenters. The van der Waals surface area contributed by atoms with E-state index in [1.165, 1.54) is 5.32 Å². The first-order chi connectivity index (χ1) is 10.1. The molecule has 1 aromatic rings. The summed E-state index contributed by atoms with van der Waals surface area (Å²) in [5, 5.41) is 12.5. The molecule has 2 amide bonds. The van der Waals surface area contributed by atoms with Crippen LogP contribution in [-0.2, 0) is 5.54 Å². The Morgan fingerprint density at radius 3 is 2.50 bits per heavy atom. The van der Waals surface area contributed by atoms with Crippen LogP contribution in [0.5, 0.6) is 0 Å². The Morgan fingerprint density at radius 2 is 1.95 bits per heavy atom. The van der Waals surface area contributed by atoms with Crippen LogP contribution in [0.15, 0.2) is 12.1 Å². The van der Waals surface area contributed by atoms with Gasteiger partial charge in [0, 0.05) is 0 Å². The molecule has 2 rings (SSSR count). The summed E-state index contributed by atoms with van der Waals surface area (Å²) in [6, 6.07) is 0.107. The van der Waals surface area contributed by atoms with E-state index in [2.05, 4.69) is 0 Å². The number of halogens is 5. The number of rotatable bonds is 0. The Balaban J connectivity index is 2.84. The van der Waals surface area contributed by atoms with Crippen molar-refractivity contribution in [2.45, 2.75) is 24.7 Å². The van der Waals surface area contributed by atoms with Crippen LogP contribution in [-0.4, -0.2) is 23.4 Å². The van der Waals surface area contributed by atoms with Gasteiger partial charge in [0.1, 0.15) is 6.10 Å². The highest BCUT2D eigenvalue weighted by Gasteiger charge is 2.61. The van der Waals surface area contributed by atoms with Gasteiger partial charge in [0.05, 0.1) is 11.3 Å². The van der Waals surface area contributed by atoms with Crippen molar-refractivity contribution in [2.24, 2.45) is 0 Å². The quantitative estimate of drug-likeness (QED) is 0.507. The van der Waals surface area contributed by atoms with Gasteiger partial charge in [0.15, 0.2) is 11.6 Å². The number of alkyl halides is 3. The molecule has 0 saturated carbocycles. The minimum atomic E-state index is -5.25. The van der Waals surface area contributed by atoms with Crippen molar-refractivity contribution in [1.29, 1.82) is 0 Å². The first-order valence-electron chi connectivity index (χ1n) is 5.93. The second-order valence-corrected chi connectivity index (χ2v) is 4.56. The maximum Gasteiger partial charge on any atom is 0.427 e. The normalized spacial score (nSPS) is 21.9. The van der Waals surface area contributed by atoms with E-state index in [-0.39, 0.29) is 0 Å². The number of aliphatic hydroxyl groups is 1. The van der Waals surface area contributed by atoms with E-state index in [1.807, 2.05) is 11.2 Å². The van der Waals surface area contributed by atoms with Gasteiger partial charge in [-0.1, -0.05) is 11.8 Å². The van der Waals surface area contributed by atoms with Crippen molar-refractivity contribution in [1.82, 2.24) is 5.32 Å². The maximum absolute atomic E-state index is 14.0. The van der Waals surface area contributed by atoms with E-state index in [0.29, 0.717) is 6.07 Å². The first-order valence-corrected chi connectivity index (χ1v) is 5.93. The molecule has 1 heterocycles. The lowest BCUT2D eigenvalue weighted by molar-refractivity contribution is -0.179. The van der Waals surface area contributed by atoms with Crippen molar-refractivity contribution >= 4 is 11.7 Å². The average Bonchev–Trinajstić information content (AvgIpc) is 2.38. The summed E-state index contributed by atoms with van der Waals surface area (Å²) in [4.78, 5) is 11.5. The molecular weight excluding hydrogens is 311 g/mol. The SMILES string of the molecule is CC(O)C#CC1(C(F)(F)F)NC(=O)Nc2ccc(F)c(F)c21. The standard InChI is InChI=1S/C13H9F5N2O2/c1-6(21)4-5-12(13(16,17)18)9-8(19-11(22)20-12)3-2-7(14)10(9)15/h2-3,6,21H,1H3,(H2,19,20,22). The first kappa shape index (κ1) is 16.0. The Labute approximate surface area is 121 Å². The van der Waals surface area contributed by atoms with Crippen LogP contribution in [0.25, 0.3) is 0 Å². The molecule has 4 nitrogen and oxygen atoms in total. The lowest BCUT2D eigenvalue weighted by Crippen LogP contribution is -2.60. The molecule has 0 radical (unpaired) electrons. The topological polar surface area (TPSA) is 61.4 Å². The molecule has 1 aromatic carbocycles. The third-order valence-corrected chi connectivity index (χ3v) is 2.91. The Bertz CT molecular complexity index is 690. The third kappa shape index (κ3) is 2.46. The van der Waals surface area contributed by atoms with Crippen LogP contribution >= 0.6 is 0 Å². The van der Waals surface area contributed by atoms with Crippen molar-refractivity contribution in [2.75, 3.05) is 5.32 Å². The van der Waals surface area contributed by atoms with Gasteiger partial charge in [-0.05, 0) is 19.1 Å². The highest BCUT2D eigenvalue weighted by molar-refractivity contribution is 5.94. The number of anilines is 1. The fourth-order valence-electron chi connectivity index (χ4n) is 2.00. The molecule has 0 saturated heterocycles. The zero-order valence-corrected chi connectivity index (χ0v) is 11.0. The molecule has 3 N–H and O–H groups in total. The second kappa shape index (κ2) is 5.14. The van der Waals surface area contributed by atoms with Crippen LogP contribution in [0.2, 0.25) is 0 Å². The molecule has 0 aromatic heterocycles. The monoisotopic (exact) mass is 320 g/mol. The van der Waals surface area contributed by atoms with Gasteiger partial charge in [-0.25, -0.2) is 13.6 Å². The molecular formula is C13H9F5N2O2. The molecule has 118 valence electrons. The number of aliphatic hydroxyl groups excluding tert-OH is 1. The van der Waals surface area contributed by atoms with Crippen LogP contribution < -0.4 is 10.6 Å². The number of urea groups is 1. The van der Waals surface area contributed by atoms with Crippen LogP contribution in [0.3, 0.4) is 0 Å². The van der Waals surface area contributed by atoms with Gasteiger partial charge < -0.3 is 15.7 Å². The number of carbonyl (C=O) groups excluding carboxylic acids is 1. The maximum atomic E-state index is 14.0. The van der Waals surface area contributed by atoms with E-state index in [0.717, 1.165) is 13.0 Å². The van der Waals surface area contributed by atoms with E-state index in [9.17, 15) is 26.7 Å². The fourth-order valence-corrected chi connectivity index (χ4v) is 2.00. The van der Waals surface area contributed by atoms with Gasteiger partial charge in [-0.3, -0.25) is 0 Å². The van der Waals surface area contributed by atoms with Gasteiger partial charge >= 0.3 is 12.2 Å². The predicted octanol–water partition coefficient (Wildman–Crippen LogP) is 2.24. The molecule has 9 heteroatoms. The summed E-state index contributed by atoms with van der Waals surface area (Å²) >= 11 is 0. The van der Waals surface area contributed by atoms with Crippen LogP contribution in [0.1, 0.15) is 12.5 Å². The van der Waals surface area contributed by atoms with Crippen molar-refractivity contribution in [3.8, 4) is 11.8 Å². The molecule has 1 aliphatic rings. The van der Waals surface area contributed by atoms with Crippen LogP contribution in [0, 0.1) is 23.5 Å². The fraction of sp³-hybridized carbons (Fsp3) is 0.308. The number of carbonyl (C=O) groups is 1. The number of hydrogen-bond donors (Lipinski definition) is 3. The molecule has 0 fully saturated rings. The van der Waals surface area contributed by atoms with E-state index in [4.69, 9.17) is 5.11 Å². The Hall–Kier alpha value is -2.34. The Kier molecular flexibility index (Phi) is 3.74. The molecule has 22 heavy (non-hydrogen) atoms. The minimum absolute atomic E-state index is 0.556. The summed E-state index contributed by atoms with van der Waals surface area (Å²) in [5.74, 6) is 0.137. The zero-order valence-electron chi connectivity index (χ0n) is 11.0. The van der Waals surface area contributed by atoms with Gasteiger partial charge in [-0.2, -0.15) is 13.2 Å². The van der Waals surface area contributed by atoms with Gasteiger partial charge in [0.2, 0.25) is 5.54 Å². The van der Waals surface area contributed by atoms with Gasteiger partial charge in [-0.15, -0.1) is 0 Å². The molecule has 0 bridgehead atoms. The van der Waals surface area contributed by atoms with E-state index in [1.54, 1.807) is 5.92 Å². The summed E-state index contributed by atoms with van der Waals surface area (Å²) in [7, 11) is 0. The average molecular weight is 320 g/mol. The summed E-state index contributed by atoms with van der Waals surface area (Å²) in [5.41, 5.74) is -5.21. The molecule has 0 aliphatic carbocycles. The third-order valence-electron chi connectivity index (χ3n) is 2.91. The second-order valence-electron chi connectivity index (χ2n) is 4.56. The minimum Gasteiger partial charge on any atom is -0.381 e. The zero-order chi connectivity index (χ0) is 16.7. The van der Waals surface area contributed by atoms with E-state index < -0.39 is 46.7 Å². The van der Waals surface area contributed by atoms with E-state index >= 15 is 0 Å². The number of amides is 2. The summed E-state index contributed by atoms with van der Waals surface area (Å²) in [6.45, 7) is 1.09. The number of benzene rings is 1. The van der Waals surface area contributed by atoms with Gasteiger partial charge in [0.25, 0.3) is 0 Å². The number of fused-ring (bicyclic) bond motifs is 1. The lowest BCUT2D eigenvalue weighted by atomic mass is 9.85. The Morgan fingerprint density at radius 1 is 1.32 bits per heavy atom. The molecule has 1 aliphatic heterocycles.